The van der Waals surface area contributed by atoms with Crippen molar-refractivity contribution in [3.63, 3.8) is 0 Å². The first-order valence-corrected chi connectivity index (χ1v) is 6.28. The van der Waals surface area contributed by atoms with Crippen LogP contribution in [0.2, 0.25) is 0 Å². The van der Waals surface area contributed by atoms with Crippen LogP contribution in [-0.2, 0) is 13.1 Å². The molecule has 4 nitrogen and oxygen atoms in total. The van der Waals surface area contributed by atoms with Gasteiger partial charge in [-0.05, 0) is 17.7 Å². The van der Waals surface area contributed by atoms with E-state index in [-0.39, 0.29) is 0 Å². The molecule has 0 unspecified atom stereocenters. The summed E-state index contributed by atoms with van der Waals surface area (Å²) in [7, 11) is 4.11. The van der Waals surface area contributed by atoms with E-state index in [1.807, 2.05) is 6.20 Å². The Bertz CT molecular complexity index is 539. The average molecular weight is 242 g/mol. The van der Waals surface area contributed by atoms with Gasteiger partial charge in [0, 0.05) is 32.9 Å². The summed E-state index contributed by atoms with van der Waals surface area (Å²) >= 11 is 0. The van der Waals surface area contributed by atoms with Gasteiger partial charge < -0.3 is 14.8 Å². The Hall–Kier alpha value is -1.81. The van der Waals surface area contributed by atoms with Gasteiger partial charge in [-0.3, -0.25) is 0 Å². The predicted octanol–water partition coefficient (Wildman–Crippen LogP) is 1.72. The first-order chi connectivity index (χ1) is 8.75. The normalized spacial score (nSPS) is 14.3. The standard InChI is InChI=1S/C14H18N4/c1-17(2)12-5-3-11(4-6-12)13-9-16-14-10-15-7-8-18(13)14/h3-6,9,15H,7-8,10H2,1-2H3. The lowest BCUT2D eigenvalue weighted by atomic mass is 10.1. The monoisotopic (exact) mass is 242 g/mol. The van der Waals surface area contributed by atoms with E-state index in [4.69, 9.17) is 0 Å². The number of imidazole rings is 1. The van der Waals surface area contributed by atoms with Gasteiger partial charge in [0.1, 0.15) is 5.82 Å². The number of hydrogen-bond donors (Lipinski definition) is 1. The zero-order valence-corrected chi connectivity index (χ0v) is 10.8. The Kier molecular flexibility index (Phi) is 2.80. The number of nitrogens with zero attached hydrogens (tertiary/aromatic N) is 3. The first-order valence-electron chi connectivity index (χ1n) is 6.28. The summed E-state index contributed by atoms with van der Waals surface area (Å²) in [6.45, 7) is 2.89. The summed E-state index contributed by atoms with van der Waals surface area (Å²) in [5, 5.41) is 3.34. The van der Waals surface area contributed by atoms with Gasteiger partial charge in [0.25, 0.3) is 0 Å². The summed E-state index contributed by atoms with van der Waals surface area (Å²) < 4.78 is 2.31. The van der Waals surface area contributed by atoms with Gasteiger partial charge in [0.15, 0.2) is 0 Å². The minimum absolute atomic E-state index is 0.871. The fourth-order valence-corrected chi connectivity index (χ4v) is 2.36. The number of aromatic nitrogens is 2. The number of nitrogens with one attached hydrogen (secondary N) is 1. The minimum atomic E-state index is 0.871. The number of anilines is 1. The maximum absolute atomic E-state index is 4.48. The van der Waals surface area contributed by atoms with Gasteiger partial charge >= 0.3 is 0 Å². The summed E-state index contributed by atoms with van der Waals surface area (Å²) in [4.78, 5) is 6.59. The third-order valence-corrected chi connectivity index (χ3v) is 3.41. The Balaban J connectivity index is 1.97. The lowest BCUT2D eigenvalue weighted by Gasteiger charge is -2.18. The molecule has 1 aliphatic heterocycles. The number of rotatable bonds is 2. The van der Waals surface area contributed by atoms with E-state index in [9.17, 15) is 0 Å². The molecule has 94 valence electrons. The number of hydrogen-bond acceptors (Lipinski definition) is 3. The summed E-state index contributed by atoms with van der Waals surface area (Å²) in [5.74, 6) is 1.13. The smallest absolute Gasteiger partial charge is 0.123 e. The van der Waals surface area contributed by atoms with E-state index in [0.717, 1.165) is 25.5 Å². The molecule has 18 heavy (non-hydrogen) atoms. The molecule has 2 heterocycles. The molecule has 1 aromatic carbocycles. The van der Waals surface area contributed by atoms with Crippen molar-refractivity contribution in [1.29, 1.82) is 0 Å². The highest BCUT2D eigenvalue weighted by Gasteiger charge is 2.14. The van der Waals surface area contributed by atoms with E-state index in [1.165, 1.54) is 16.9 Å². The average Bonchev–Trinajstić information content (AvgIpc) is 2.82. The topological polar surface area (TPSA) is 33.1 Å². The Morgan fingerprint density at radius 2 is 2.00 bits per heavy atom. The van der Waals surface area contributed by atoms with Gasteiger partial charge in [0.2, 0.25) is 0 Å². The van der Waals surface area contributed by atoms with Crippen molar-refractivity contribution in [2.24, 2.45) is 0 Å². The number of benzene rings is 1. The first kappa shape index (κ1) is 11.3. The van der Waals surface area contributed by atoms with Gasteiger partial charge in [0.05, 0.1) is 18.4 Å². The van der Waals surface area contributed by atoms with Crippen molar-refractivity contribution in [1.82, 2.24) is 14.9 Å². The van der Waals surface area contributed by atoms with E-state index in [2.05, 4.69) is 58.1 Å². The van der Waals surface area contributed by atoms with Crippen LogP contribution in [0.15, 0.2) is 30.5 Å². The molecule has 0 bridgehead atoms. The fourth-order valence-electron chi connectivity index (χ4n) is 2.36. The van der Waals surface area contributed by atoms with Gasteiger partial charge in [-0.2, -0.15) is 0 Å². The van der Waals surface area contributed by atoms with Crippen LogP contribution >= 0.6 is 0 Å². The van der Waals surface area contributed by atoms with Crippen molar-refractivity contribution in [2.75, 3.05) is 25.5 Å². The third-order valence-electron chi connectivity index (χ3n) is 3.41. The molecule has 0 aliphatic carbocycles. The largest absolute Gasteiger partial charge is 0.378 e. The second-order valence-corrected chi connectivity index (χ2v) is 4.83. The van der Waals surface area contributed by atoms with E-state index >= 15 is 0 Å². The van der Waals surface area contributed by atoms with Crippen LogP contribution in [0.3, 0.4) is 0 Å². The van der Waals surface area contributed by atoms with Crippen LogP contribution in [0.1, 0.15) is 5.82 Å². The molecule has 1 aliphatic rings. The third kappa shape index (κ3) is 1.88. The van der Waals surface area contributed by atoms with E-state index in [0.29, 0.717) is 0 Å². The molecular formula is C14H18N4. The molecule has 1 aromatic heterocycles. The molecule has 0 spiro atoms. The molecular weight excluding hydrogens is 224 g/mol. The molecule has 0 fully saturated rings. The molecule has 1 N–H and O–H groups in total. The van der Waals surface area contributed by atoms with Crippen LogP contribution in [-0.4, -0.2) is 30.2 Å². The lowest BCUT2D eigenvalue weighted by Crippen LogP contribution is -2.28. The van der Waals surface area contributed by atoms with Crippen molar-refractivity contribution in [2.45, 2.75) is 13.1 Å². The van der Waals surface area contributed by atoms with Crippen molar-refractivity contribution >= 4 is 5.69 Å². The molecule has 2 aromatic rings. The van der Waals surface area contributed by atoms with Crippen LogP contribution in [0, 0.1) is 0 Å². The van der Waals surface area contributed by atoms with E-state index < -0.39 is 0 Å². The molecule has 3 rings (SSSR count). The SMILES string of the molecule is CN(C)c1ccc(-c2cnc3n2CCNC3)cc1. The maximum Gasteiger partial charge on any atom is 0.123 e. The van der Waals surface area contributed by atoms with Crippen LogP contribution < -0.4 is 10.2 Å². The molecule has 0 amide bonds. The fraction of sp³-hybridized carbons (Fsp3) is 0.357. The Morgan fingerprint density at radius 1 is 1.22 bits per heavy atom. The molecule has 4 heteroatoms. The van der Waals surface area contributed by atoms with Crippen molar-refractivity contribution < 1.29 is 0 Å². The second kappa shape index (κ2) is 4.46. The predicted molar refractivity (Wildman–Crippen MR) is 73.7 cm³/mol. The van der Waals surface area contributed by atoms with Crippen LogP contribution in [0.25, 0.3) is 11.3 Å². The Labute approximate surface area is 107 Å². The van der Waals surface area contributed by atoms with E-state index in [1.54, 1.807) is 0 Å². The Morgan fingerprint density at radius 3 is 2.72 bits per heavy atom. The van der Waals surface area contributed by atoms with Crippen LogP contribution in [0.4, 0.5) is 5.69 Å². The highest BCUT2D eigenvalue weighted by Crippen LogP contribution is 2.24. The summed E-state index contributed by atoms with van der Waals surface area (Å²) in [6, 6.07) is 8.63. The molecule has 0 saturated heterocycles. The highest BCUT2D eigenvalue weighted by atomic mass is 15.2. The quantitative estimate of drug-likeness (QED) is 0.870. The van der Waals surface area contributed by atoms with Crippen LogP contribution in [0.5, 0.6) is 0 Å². The zero-order chi connectivity index (χ0) is 12.5. The number of fused-ring (bicyclic) bond motifs is 1. The van der Waals surface area contributed by atoms with Crippen molar-refractivity contribution in [3.05, 3.63) is 36.3 Å². The van der Waals surface area contributed by atoms with Crippen molar-refractivity contribution in [3.8, 4) is 11.3 Å². The second-order valence-electron chi connectivity index (χ2n) is 4.83. The maximum atomic E-state index is 4.48. The van der Waals surface area contributed by atoms with Gasteiger partial charge in [-0.1, -0.05) is 12.1 Å². The van der Waals surface area contributed by atoms with Gasteiger partial charge in [-0.15, -0.1) is 0 Å². The highest BCUT2D eigenvalue weighted by molar-refractivity contribution is 5.63. The minimum Gasteiger partial charge on any atom is -0.378 e. The van der Waals surface area contributed by atoms with Gasteiger partial charge in [-0.25, -0.2) is 4.98 Å². The molecule has 0 radical (unpaired) electrons. The molecule has 0 saturated carbocycles. The zero-order valence-electron chi connectivity index (χ0n) is 10.8. The lowest BCUT2D eigenvalue weighted by molar-refractivity contribution is 0.508. The summed E-state index contributed by atoms with van der Waals surface area (Å²) in [5.41, 5.74) is 3.68. The molecule has 0 atom stereocenters. The summed E-state index contributed by atoms with van der Waals surface area (Å²) in [6.07, 6.45) is 1.98.